The minimum absolute atomic E-state index is 0.0260. The van der Waals surface area contributed by atoms with Crippen molar-refractivity contribution in [2.75, 3.05) is 52.8 Å². The molecular weight excluding hydrogens is 313 g/mol. The summed E-state index contributed by atoms with van der Waals surface area (Å²) in [5, 5.41) is 12.6. The molecule has 0 aromatic heterocycles. The summed E-state index contributed by atoms with van der Waals surface area (Å²) in [7, 11) is 5.37. The summed E-state index contributed by atoms with van der Waals surface area (Å²) in [5.74, 6) is -0.0365. The third-order valence-electron chi connectivity index (χ3n) is 4.34. The molecule has 1 fully saturated rings. The standard InChI is InChI=1S/C17H26FN3O3/c1-20(2)10-17(12-22)7-4-8-21(11-17)16(23)19-14-9-13(18)5-6-15(14)24-3/h5-6,9,22H,4,7-8,10-12H2,1-3H3,(H,19,23)/t17-/m1/s1. The minimum atomic E-state index is -0.443. The van der Waals surface area contributed by atoms with Crippen molar-refractivity contribution in [3.63, 3.8) is 0 Å². The molecule has 24 heavy (non-hydrogen) atoms. The van der Waals surface area contributed by atoms with Crippen LogP contribution < -0.4 is 10.1 Å². The van der Waals surface area contributed by atoms with E-state index < -0.39 is 5.82 Å². The molecule has 6 nitrogen and oxygen atoms in total. The molecule has 2 rings (SSSR count). The second-order valence-electron chi connectivity index (χ2n) is 6.70. The topological polar surface area (TPSA) is 65.0 Å². The maximum absolute atomic E-state index is 13.4. The summed E-state index contributed by atoms with van der Waals surface area (Å²) >= 11 is 0. The number of hydrogen-bond donors (Lipinski definition) is 2. The number of methoxy groups -OCH3 is 1. The van der Waals surface area contributed by atoms with Crippen LogP contribution >= 0.6 is 0 Å². The molecule has 0 aliphatic carbocycles. The molecule has 134 valence electrons. The Bertz CT molecular complexity index is 582. The molecule has 2 N–H and O–H groups in total. The van der Waals surface area contributed by atoms with Crippen molar-refractivity contribution in [3.05, 3.63) is 24.0 Å². The van der Waals surface area contributed by atoms with Gasteiger partial charge < -0.3 is 25.0 Å². The van der Waals surface area contributed by atoms with E-state index in [0.717, 1.165) is 12.8 Å². The van der Waals surface area contributed by atoms with Crippen LogP contribution in [-0.2, 0) is 0 Å². The van der Waals surface area contributed by atoms with Crippen LogP contribution in [0.3, 0.4) is 0 Å². The number of urea groups is 1. The predicted octanol–water partition coefficient (Wildman–Crippen LogP) is 2.00. The zero-order chi connectivity index (χ0) is 17.7. The fourth-order valence-electron chi connectivity index (χ4n) is 3.33. The Kier molecular flexibility index (Phi) is 6.01. The first-order valence-electron chi connectivity index (χ1n) is 8.04. The van der Waals surface area contributed by atoms with Gasteiger partial charge in [-0.15, -0.1) is 0 Å². The van der Waals surface area contributed by atoms with Gasteiger partial charge in [0.2, 0.25) is 0 Å². The molecule has 7 heteroatoms. The molecule has 1 aromatic rings. The van der Waals surface area contributed by atoms with E-state index in [4.69, 9.17) is 4.74 Å². The number of nitrogens with zero attached hydrogens (tertiary/aromatic N) is 2. The zero-order valence-electron chi connectivity index (χ0n) is 14.5. The molecular formula is C17H26FN3O3. The van der Waals surface area contributed by atoms with Crippen molar-refractivity contribution in [2.24, 2.45) is 5.41 Å². The number of hydrogen-bond acceptors (Lipinski definition) is 4. The first-order valence-corrected chi connectivity index (χ1v) is 8.04. The number of aliphatic hydroxyl groups excluding tert-OH is 1. The molecule has 1 atom stereocenters. The van der Waals surface area contributed by atoms with Gasteiger partial charge in [0.1, 0.15) is 11.6 Å². The van der Waals surface area contributed by atoms with Gasteiger partial charge in [0.15, 0.2) is 0 Å². The van der Waals surface area contributed by atoms with Crippen LogP contribution in [0.15, 0.2) is 18.2 Å². The van der Waals surface area contributed by atoms with Crippen LogP contribution in [0.4, 0.5) is 14.9 Å². The number of rotatable bonds is 5. The van der Waals surface area contributed by atoms with Gasteiger partial charge in [-0.05, 0) is 39.1 Å². The van der Waals surface area contributed by atoms with Gasteiger partial charge in [0.05, 0.1) is 19.4 Å². The number of carbonyl (C=O) groups excluding carboxylic acids is 1. The number of anilines is 1. The Balaban J connectivity index is 2.11. The maximum atomic E-state index is 13.4. The number of benzene rings is 1. The highest BCUT2D eigenvalue weighted by Gasteiger charge is 2.37. The first-order chi connectivity index (χ1) is 11.4. The lowest BCUT2D eigenvalue weighted by Gasteiger charge is -2.43. The highest BCUT2D eigenvalue weighted by molar-refractivity contribution is 5.91. The minimum Gasteiger partial charge on any atom is -0.495 e. The zero-order valence-corrected chi connectivity index (χ0v) is 14.5. The van der Waals surface area contributed by atoms with Crippen LogP contribution in [0.25, 0.3) is 0 Å². The van der Waals surface area contributed by atoms with Crippen molar-refractivity contribution < 1.29 is 19.0 Å². The Morgan fingerprint density at radius 2 is 2.25 bits per heavy atom. The molecule has 0 saturated carbocycles. The molecule has 1 aliphatic heterocycles. The quantitative estimate of drug-likeness (QED) is 0.861. The summed E-state index contributed by atoms with van der Waals surface area (Å²) in [6.07, 6.45) is 1.69. The van der Waals surface area contributed by atoms with Crippen LogP contribution in [0, 0.1) is 11.2 Å². The third kappa shape index (κ3) is 4.36. The molecule has 1 heterocycles. The van der Waals surface area contributed by atoms with E-state index in [1.54, 1.807) is 4.90 Å². The number of nitrogens with one attached hydrogen (secondary N) is 1. The van der Waals surface area contributed by atoms with E-state index >= 15 is 0 Å². The summed E-state index contributed by atoms with van der Waals surface area (Å²) in [6.45, 7) is 1.80. The molecule has 0 bridgehead atoms. The van der Waals surface area contributed by atoms with Gasteiger partial charge >= 0.3 is 6.03 Å². The number of amides is 2. The number of likely N-dealkylation sites (tertiary alicyclic amines) is 1. The van der Waals surface area contributed by atoms with Crippen LogP contribution in [0.5, 0.6) is 5.75 Å². The van der Waals surface area contributed by atoms with Gasteiger partial charge in [0.25, 0.3) is 0 Å². The molecule has 1 aliphatic rings. The van der Waals surface area contributed by atoms with E-state index in [1.165, 1.54) is 25.3 Å². The van der Waals surface area contributed by atoms with E-state index in [-0.39, 0.29) is 18.1 Å². The molecule has 0 radical (unpaired) electrons. The fraction of sp³-hybridized carbons (Fsp3) is 0.588. The average molecular weight is 339 g/mol. The number of piperidine rings is 1. The van der Waals surface area contributed by atoms with E-state index in [0.29, 0.717) is 31.1 Å². The van der Waals surface area contributed by atoms with E-state index in [2.05, 4.69) is 5.32 Å². The first kappa shape index (κ1) is 18.5. The molecule has 2 amide bonds. The SMILES string of the molecule is COc1ccc(F)cc1NC(=O)N1CCC[C@@](CO)(CN(C)C)C1. The normalized spacial score (nSPS) is 21.0. The van der Waals surface area contributed by atoms with Gasteiger partial charge in [-0.25, -0.2) is 9.18 Å². The summed E-state index contributed by atoms with van der Waals surface area (Å²) in [4.78, 5) is 16.3. The fourth-order valence-corrected chi connectivity index (χ4v) is 3.33. The van der Waals surface area contributed by atoms with E-state index in [9.17, 15) is 14.3 Å². The number of ether oxygens (including phenoxy) is 1. The Labute approximate surface area is 142 Å². The molecule has 0 spiro atoms. The second-order valence-corrected chi connectivity index (χ2v) is 6.70. The second kappa shape index (κ2) is 7.81. The molecule has 1 saturated heterocycles. The lowest BCUT2D eigenvalue weighted by molar-refractivity contribution is 0.0294. The molecule has 1 aromatic carbocycles. The van der Waals surface area contributed by atoms with Gasteiger partial charge in [-0.2, -0.15) is 0 Å². The van der Waals surface area contributed by atoms with Crippen molar-refractivity contribution >= 4 is 11.7 Å². The lowest BCUT2D eigenvalue weighted by Crippen LogP contribution is -2.52. The molecule has 0 unspecified atom stereocenters. The van der Waals surface area contributed by atoms with Crippen molar-refractivity contribution in [3.8, 4) is 5.75 Å². The monoisotopic (exact) mass is 339 g/mol. The highest BCUT2D eigenvalue weighted by Crippen LogP contribution is 2.31. The largest absolute Gasteiger partial charge is 0.495 e. The smallest absolute Gasteiger partial charge is 0.321 e. The van der Waals surface area contributed by atoms with Crippen molar-refractivity contribution in [2.45, 2.75) is 12.8 Å². The number of carbonyl (C=O) groups is 1. The van der Waals surface area contributed by atoms with Crippen LogP contribution in [0.1, 0.15) is 12.8 Å². The number of halogens is 1. The number of aliphatic hydroxyl groups is 1. The lowest BCUT2D eigenvalue weighted by atomic mass is 9.80. The Hall–Kier alpha value is -1.86. The van der Waals surface area contributed by atoms with E-state index in [1.807, 2.05) is 19.0 Å². The third-order valence-corrected chi connectivity index (χ3v) is 4.34. The Morgan fingerprint density at radius 3 is 2.88 bits per heavy atom. The van der Waals surface area contributed by atoms with Gasteiger partial charge in [-0.3, -0.25) is 0 Å². The summed E-state index contributed by atoms with van der Waals surface area (Å²) in [6, 6.07) is 3.68. The maximum Gasteiger partial charge on any atom is 0.321 e. The van der Waals surface area contributed by atoms with Crippen molar-refractivity contribution in [1.29, 1.82) is 0 Å². The van der Waals surface area contributed by atoms with Crippen LogP contribution in [0.2, 0.25) is 0 Å². The average Bonchev–Trinajstić information content (AvgIpc) is 2.54. The highest BCUT2D eigenvalue weighted by atomic mass is 19.1. The van der Waals surface area contributed by atoms with Gasteiger partial charge in [0, 0.05) is 31.1 Å². The van der Waals surface area contributed by atoms with Gasteiger partial charge in [-0.1, -0.05) is 0 Å². The van der Waals surface area contributed by atoms with Crippen LogP contribution in [-0.4, -0.2) is 68.4 Å². The predicted molar refractivity (Wildman–Crippen MR) is 90.9 cm³/mol. The summed E-state index contributed by atoms with van der Waals surface area (Å²) in [5.41, 5.74) is -0.0271. The summed E-state index contributed by atoms with van der Waals surface area (Å²) < 4.78 is 18.6. The Morgan fingerprint density at radius 1 is 1.50 bits per heavy atom. The van der Waals surface area contributed by atoms with Crippen molar-refractivity contribution in [1.82, 2.24) is 9.80 Å².